The third kappa shape index (κ3) is 2.85. The van der Waals surface area contributed by atoms with Crippen molar-refractivity contribution in [1.82, 2.24) is 0 Å². The highest BCUT2D eigenvalue weighted by Crippen LogP contribution is 2.20. The number of benzene rings is 1. The zero-order chi connectivity index (χ0) is 12.1. The van der Waals surface area contributed by atoms with Crippen LogP contribution in [0.4, 0.5) is 14.5 Å². The van der Waals surface area contributed by atoms with Crippen molar-refractivity contribution in [2.24, 2.45) is 0 Å². The van der Waals surface area contributed by atoms with Gasteiger partial charge in [-0.3, -0.25) is 0 Å². The number of nitrogens with one attached hydrogen (secondary N) is 1. The smallest absolute Gasteiger partial charge is 0.338 e. The number of thioether (sulfide) groups is 1. The van der Waals surface area contributed by atoms with Crippen LogP contribution in [0.1, 0.15) is 10.4 Å². The molecule has 88 valence electrons. The molecule has 0 saturated heterocycles. The van der Waals surface area contributed by atoms with Crippen LogP contribution in [0, 0.1) is 11.6 Å². The number of hydrogen-bond donors (Lipinski definition) is 2. The molecule has 3 nitrogen and oxygen atoms in total. The van der Waals surface area contributed by atoms with Gasteiger partial charge in [0.2, 0.25) is 0 Å². The first kappa shape index (κ1) is 12.8. The predicted molar refractivity (Wildman–Crippen MR) is 60.2 cm³/mol. The molecule has 1 aromatic carbocycles. The van der Waals surface area contributed by atoms with E-state index in [1.807, 2.05) is 6.26 Å². The normalized spacial score (nSPS) is 10.2. The maximum Gasteiger partial charge on any atom is 0.338 e. The summed E-state index contributed by atoms with van der Waals surface area (Å²) in [5.41, 5.74) is -0.676. The second-order valence-corrected chi connectivity index (χ2v) is 4.00. The van der Waals surface area contributed by atoms with Crippen molar-refractivity contribution < 1.29 is 18.7 Å². The first-order valence-corrected chi connectivity index (χ1v) is 5.91. The number of carboxylic acids is 1. The fourth-order valence-electron chi connectivity index (χ4n) is 1.14. The molecule has 6 heteroatoms. The van der Waals surface area contributed by atoms with Crippen molar-refractivity contribution in [3.8, 4) is 0 Å². The van der Waals surface area contributed by atoms with Crippen LogP contribution in [0.2, 0.25) is 0 Å². The summed E-state index contributed by atoms with van der Waals surface area (Å²) in [4.78, 5) is 10.5. The lowest BCUT2D eigenvalue weighted by Crippen LogP contribution is -2.09. The van der Waals surface area contributed by atoms with Crippen molar-refractivity contribution in [2.45, 2.75) is 0 Å². The molecule has 0 bridgehead atoms. The third-order valence-electron chi connectivity index (χ3n) is 1.93. The Morgan fingerprint density at radius 1 is 1.44 bits per heavy atom. The Morgan fingerprint density at radius 2 is 2.12 bits per heavy atom. The molecule has 0 atom stereocenters. The third-order valence-corrected chi connectivity index (χ3v) is 2.55. The average Bonchev–Trinajstić information content (AvgIpc) is 2.24. The van der Waals surface area contributed by atoms with E-state index in [0.29, 0.717) is 6.54 Å². The van der Waals surface area contributed by atoms with Crippen LogP contribution >= 0.6 is 11.8 Å². The molecule has 0 saturated carbocycles. The number of carboxylic acid groups (broad SMARTS) is 1. The molecule has 1 aromatic rings. The maximum atomic E-state index is 13.3. The van der Waals surface area contributed by atoms with Crippen molar-refractivity contribution in [2.75, 3.05) is 23.9 Å². The van der Waals surface area contributed by atoms with E-state index in [1.165, 1.54) is 6.07 Å². The molecule has 0 heterocycles. The molecule has 0 aliphatic rings. The molecule has 0 radical (unpaired) electrons. The number of halogens is 2. The minimum absolute atomic E-state index is 0.0171. The van der Waals surface area contributed by atoms with Crippen LogP contribution in [-0.2, 0) is 0 Å². The zero-order valence-corrected chi connectivity index (χ0v) is 9.41. The summed E-state index contributed by atoms with van der Waals surface area (Å²) < 4.78 is 26.6. The van der Waals surface area contributed by atoms with E-state index >= 15 is 0 Å². The first-order valence-electron chi connectivity index (χ1n) is 4.52. The lowest BCUT2D eigenvalue weighted by Gasteiger charge is -2.08. The van der Waals surface area contributed by atoms with Crippen LogP contribution in [0.3, 0.4) is 0 Å². The highest BCUT2D eigenvalue weighted by Gasteiger charge is 2.17. The predicted octanol–water partition coefficient (Wildman–Crippen LogP) is 2.44. The van der Waals surface area contributed by atoms with Crippen LogP contribution in [-0.4, -0.2) is 29.6 Å². The largest absolute Gasteiger partial charge is 0.478 e. The minimum Gasteiger partial charge on any atom is -0.478 e. The van der Waals surface area contributed by atoms with Crippen molar-refractivity contribution in [3.05, 3.63) is 29.3 Å². The van der Waals surface area contributed by atoms with Crippen molar-refractivity contribution >= 4 is 23.4 Å². The van der Waals surface area contributed by atoms with Gasteiger partial charge in [-0.2, -0.15) is 11.8 Å². The Kier molecular flexibility index (Phi) is 4.54. The summed E-state index contributed by atoms with van der Waals surface area (Å²) in [5, 5.41) is 11.3. The highest BCUT2D eigenvalue weighted by molar-refractivity contribution is 7.98. The number of rotatable bonds is 5. The number of anilines is 1. The molecule has 1 rings (SSSR count). The van der Waals surface area contributed by atoms with Crippen molar-refractivity contribution in [1.29, 1.82) is 0 Å². The molecular formula is C10H11F2NO2S. The van der Waals surface area contributed by atoms with E-state index in [1.54, 1.807) is 11.8 Å². The Labute approximate surface area is 95.9 Å². The molecule has 0 aliphatic heterocycles. The van der Waals surface area contributed by atoms with E-state index in [2.05, 4.69) is 5.32 Å². The summed E-state index contributed by atoms with van der Waals surface area (Å²) in [7, 11) is 0. The molecule has 0 spiro atoms. The highest BCUT2D eigenvalue weighted by atomic mass is 32.2. The van der Waals surface area contributed by atoms with Gasteiger partial charge in [-0.05, 0) is 18.4 Å². The second kappa shape index (κ2) is 5.69. The Balaban J connectivity index is 2.89. The van der Waals surface area contributed by atoms with E-state index < -0.39 is 23.2 Å². The summed E-state index contributed by atoms with van der Waals surface area (Å²) in [6.07, 6.45) is 1.89. The molecule has 2 N–H and O–H groups in total. The fourth-order valence-corrected chi connectivity index (χ4v) is 1.45. The zero-order valence-electron chi connectivity index (χ0n) is 8.59. The van der Waals surface area contributed by atoms with Gasteiger partial charge in [0, 0.05) is 12.3 Å². The first-order chi connectivity index (χ1) is 7.57. The minimum atomic E-state index is -1.48. The Bertz CT molecular complexity index is 399. The standard InChI is InChI=1S/C10H11F2NO2S/c1-16-5-4-13-7-3-2-6(10(14)15)8(11)9(7)12/h2-3,13H,4-5H2,1H3,(H,14,15). The lowest BCUT2D eigenvalue weighted by molar-refractivity contribution is 0.0690. The summed E-state index contributed by atoms with van der Waals surface area (Å²) >= 11 is 1.57. The van der Waals surface area contributed by atoms with E-state index in [0.717, 1.165) is 11.8 Å². The van der Waals surface area contributed by atoms with Crippen LogP contribution in [0.5, 0.6) is 0 Å². The van der Waals surface area contributed by atoms with Gasteiger partial charge in [0.1, 0.15) is 0 Å². The van der Waals surface area contributed by atoms with Crippen LogP contribution in [0.25, 0.3) is 0 Å². The van der Waals surface area contributed by atoms with Gasteiger partial charge in [0.05, 0.1) is 11.3 Å². The molecular weight excluding hydrogens is 236 g/mol. The molecule has 0 amide bonds. The van der Waals surface area contributed by atoms with E-state index in [-0.39, 0.29) is 5.69 Å². The number of aromatic carboxylic acids is 1. The SMILES string of the molecule is CSCCNc1ccc(C(=O)O)c(F)c1F. The van der Waals surface area contributed by atoms with Gasteiger partial charge in [0.25, 0.3) is 0 Å². The monoisotopic (exact) mass is 247 g/mol. The maximum absolute atomic E-state index is 13.3. The van der Waals surface area contributed by atoms with Gasteiger partial charge in [-0.1, -0.05) is 0 Å². The Hall–Kier alpha value is -1.30. The van der Waals surface area contributed by atoms with Gasteiger partial charge < -0.3 is 10.4 Å². The van der Waals surface area contributed by atoms with Crippen molar-refractivity contribution in [3.63, 3.8) is 0 Å². The van der Waals surface area contributed by atoms with Gasteiger partial charge in [-0.25, -0.2) is 13.6 Å². The van der Waals surface area contributed by atoms with E-state index in [9.17, 15) is 13.6 Å². The molecule has 16 heavy (non-hydrogen) atoms. The van der Waals surface area contributed by atoms with Gasteiger partial charge >= 0.3 is 5.97 Å². The van der Waals surface area contributed by atoms with Crippen LogP contribution in [0.15, 0.2) is 12.1 Å². The topological polar surface area (TPSA) is 49.3 Å². The van der Waals surface area contributed by atoms with Gasteiger partial charge in [-0.15, -0.1) is 0 Å². The summed E-state index contributed by atoms with van der Waals surface area (Å²) in [5.74, 6) is -3.21. The quantitative estimate of drug-likeness (QED) is 0.785. The van der Waals surface area contributed by atoms with Gasteiger partial charge in [0.15, 0.2) is 11.6 Å². The molecule has 0 aliphatic carbocycles. The number of hydrogen-bond acceptors (Lipinski definition) is 3. The molecule has 0 fully saturated rings. The second-order valence-electron chi connectivity index (χ2n) is 3.01. The molecule has 0 unspecified atom stereocenters. The summed E-state index contributed by atoms with van der Waals surface area (Å²) in [6.45, 7) is 0.490. The van der Waals surface area contributed by atoms with Crippen LogP contribution < -0.4 is 5.32 Å². The summed E-state index contributed by atoms with van der Waals surface area (Å²) in [6, 6.07) is 2.27. The van der Waals surface area contributed by atoms with E-state index in [4.69, 9.17) is 5.11 Å². The average molecular weight is 247 g/mol. The lowest BCUT2D eigenvalue weighted by atomic mass is 10.2. The fraction of sp³-hybridized carbons (Fsp3) is 0.300. The number of carbonyl (C=O) groups is 1. The Morgan fingerprint density at radius 3 is 2.69 bits per heavy atom. The molecule has 0 aromatic heterocycles.